The highest BCUT2D eigenvalue weighted by Gasteiger charge is 2.09. The average molecular weight is 223 g/mol. The van der Waals surface area contributed by atoms with Crippen molar-refractivity contribution in [3.63, 3.8) is 0 Å². The standard InChI is InChI=1S/C11H11ClN2O/c1-14(7-3-6-13)11-5-2-4-10(12)9(11)8-15/h2,4-5,8H,3,7H2,1H3. The van der Waals surface area contributed by atoms with Crippen molar-refractivity contribution in [2.45, 2.75) is 6.42 Å². The highest BCUT2D eigenvalue weighted by molar-refractivity contribution is 6.33. The van der Waals surface area contributed by atoms with Crippen molar-refractivity contribution in [1.29, 1.82) is 5.26 Å². The van der Waals surface area contributed by atoms with Crippen LogP contribution in [0.1, 0.15) is 16.8 Å². The van der Waals surface area contributed by atoms with Crippen molar-refractivity contribution in [3.8, 4) is 6.07 Å². The molecule has 0 saturated carbocycles. The second-order valence-corrected chi connectivity index (χ2v) is 3.53. The zero-order chi connectivity index (χ0) is 11.3. The highest BCUT2D eigenvalue weighted by Crippen LogP contribution is 2.24. The zero-order valence-electron chi connectivity index (χ0n) is 8.40. The topological polar surface area (TPSA) is 44.1 Å². The molecule has 0 aliphatic carbocycles. The van der Waals surface area contributed by atoms with E-state index in [9.17, 15) is 4.79 Å². The molecule has 0 heterocycles. The van der Waals surface area contributed by atoms with E-state index in [0.717, 1.165) is 12.0 Å². The van der Waals surface area contributed by atoms with Gasteiger partial charge in [0, 0.05) is 19.3 Å². The number of nitrogens with zero attached hydrogens (tertiary/aromatic N) is 2. The summed E-state index contributed by atoms with van der Waals surface area (Å²) < 4.78 is 0. The monoisotopic (exact) mass is 222 g/mol. The van der Waals surface area contributed by atoms with E-state index >= 15 is 0 Å². The molecule has 1 aromatic rings. The maximum absolute atomic E-state index is 10.9. The van der Waals surface area contributed by atoms with Gasteiger partial charge in [0.25, 0.3) is 0 Å². The summed E-state index contributed by atoms with van der Waals surface area (Å²) in [7, 11) is 1.83. The molecule has 0 N–H and O–H groups in total. The van der Waals surface area contributed by atoms with E-state index in [1.165, 1.54) is 0 Å². The van der Waals surface area contributed by atoms with Gasteiger partial charge in [0.2, 0.25) is 0 Å². The number of aldehydes is 1. The van der Waals surface area contributed by atoms with Crippen LogP contribution >= 0.6 is 11.6 Å². The van der Waals surface area contributed by atoms with Crippen LogP contribution in [0.4, 0.5) is 5.69 Å². The van der Waals surface area contributed by atoms with Gasteiger partial charge in [-0.3, -0.25) is 4.79 Å². The number of rotatable bonds is 4. The van der Waals surface area contributed by atoms with Gasteiger partial charge in [-0.1, -0.05) is 17.7 Å². The fraction of sp³-hybridized carbons (Fsp3) is 0.273. The van der Waals surface area contributed by atoms with Crippen molar-refractivity contribution < 1.29 is 4.79 Å². The first-order valence-corrected chi connectivity index (χ1v) is 4.90. The van der Waals surface area contributed by atoms with Gasteiger partial charge in [0.05, 0.1) is 23.1 Å². The second kappa shape index (κ2) is 5.38. The number of benzene rings is 1. The molecule has 1 rings (SSSR count). The van der Waals surface area contributed by atoms with Crippen molar-refractivity contribution in [2.24, 2.45) is 0 Å². The molecule has 3 nitrogen and oxygen atoms in total. The molecule has 0 spiro atoms. The zero-order valence-corrected chi connectivity index (χ0v) is 9.16. The molecule has 0 aliphatic rings. The Balaban J connectivity index is 2.98. The summed E-state index contributed by atoms with van der Waals surface area (Å²) in [6.07, 6.45) is 1.15. The lowest BCUT2D eigenvalue weighted by molar-refractivity contribution is 0.112. The molecule has 78 valence electrons. The van der Waals surface area contributed by atoms with Crippen LogP contribution in [0.5, 0.6) is 0 Å². The number of anilines is 1. The molecule has 0 amide bonds. The first kappa shape index (κ1) is 11.5. The molecule has 0 atom stereocenters. The van der Waals surface area contributed by atoms with E-state index in [4.69, 9.17) is 16.9 Å². The van der Waals surface area contributed by atoms with Gasteiger partial charge in [-0.05, 0) is 12.1 Å². The maximum atomic E-state index is 10.9. The summed E-state index contributed by atoms with van der Waals surface area (Å²) in [5, 5.41) is 8.91. The summed E-state index contributed by atoms with van der Waals surface area (Å²) in [5.74, 6) is 0. The Morgan fingerprint density at radius 3 is 2.93 bits per heavy atom. The third-order valence-electron chi connectivity index (χ3n) is 2.12. The third kappa shape index (κ3) is 2.71. The van der Waals surface area contributed by atoms with E-state index < -0.39 is 0 Å². The second-order valence-electron chi connectivity index (χ2n) is 3.12. The lowest BCUT2D eigenvalue weighted by atomic mass is 10.1. The van der Waals surface area contributed by atoms with Crippen LogP contribution in [0, 0.1) is 11.3 Å². The predicted molar refractivity (Wildman–Crippen MR) is 60.3 cm³/mol. The maximum Gasteiger partial charge on any atom is 0.153 e. The molecule has 1 aromatic carbocycles. The third-order valence-corrected chi connectivity index (χ3v) is 2.45. The Hall–Kier alpha value is -1.53. The number of hydrogen-bond donors (Lipinski definition) is 0. The van der Waals surface area contributed by atoms with Gasteiger partial charge in [0.15, 0.2) is 6.29 Å². The molecule has 0 unspecified atom stereocenters. The summed E-state index contributed by atoms with van der Waals surface area (Å²) >= 11 is 5.88. The quantitative estimate of drug-likeness (QED) is 0.736. The van der Waals surface area contributed by atoms with Gasteiger partial charge in [-0.2, -0.15) is 5.26 Å². The van der Waals surface area contributed by atoms with Crippen LogP contribution in [-0.2, 0) is 0 Å². The molecule has 0 radical (unpaired) electrons. The summed E-state index contributed by atoms with van der Waals surface area (Å²) in [6.45, 7) is 0.581. The van der Waals surface area contributed by atoms with E-state index in [1.54, 1.807) is 12.1 Å². The Morgan fingerprint density at radius 1 is 1.60 bits per heavy atom. The number of hydrogen-bond acceptors (Lipinski definition) is 3. The van der Waals surface area contributed by atoms with Crippen LogP contribution < -0.4 is 4.90 Å². The van der Waals surface area contributed by atoms with Gasteiger partial charge in [0.1, 0.15) is 0 Å². The van der Waals surface area contributed by atoms with Gasteiger partial charge < -0.3 is 4.90 Å². The summed E-state index contributed by atoms with van der Waals surface area (Å²) in [4.78, 5) is 12.7. The minimum absolute atomic E-state index is 0.418. The fourth-order valence-corrected chi connectivity index (χ4v) is 1.53. The lowest BCUT2D eigenvalue weighted by Crippen LogP contribution is -2.19. The van der Waals surface area contributed by atoms with Crippen LogP contribution in [-0.4, -0.2) is 19.9 Å². The molecular formula is C11H11ClN2O. The summed E-state index contributed by atoms with van der Waals surface area (Å²) in [5.41, 5.74) is 1.23. The number of carbonyl (C=O) groups is 1. The molecule has 0 fully saturated rings. The van der Waals surface area contributed by atoms with E-state index in [0.29, 0.717) is 23.6 Å². The molecular weight excluding hydrogens is 212 g/mol. The Kier molecular flexibility index (Phi) is 4.14. The smallest absolute Gasteiger partial charge is 0.153 e. The lowest BCUT2D eigenvalue weighted by Gasteiger charge is -2.19. The van der Waals surface area contributed by atoms with Crippen LogP contribution in [0.15, 0.2) is 18.2 Å². The van der Waals surface area contributed by atoms with E-state index in [-0.39, 0.29) is 0 Å². The summed E-state index contributed by atoms with van der Waals surface area (Å²) in [6, 6.07) is 7.33. The van der Waals surface area contributed by atoms with E-state index in [2.05, 4.69) is 6.07 Å². The van der Waals surface area contributed by atoms with Crippen molar-refractivity contribution in [1.82, 2.24) is 0 Å². The molecule has 0 aromatic heterocycles. The predicted octanol–water partition coefficient (Wildman–Crippen LogP) is 2.50. The Bertz CT molecular complexity index is 398. The number of nitriles is 1. The van der Waals surface area contributed by atoms with E-state index in [1.807, 2.05) is 18.0 Å². The molecule has 15 heavy (non-hydrogen) atoms. The normalized spacial score (nSPS) is 9.40. The molecule has 4 heteroatoms. The minimum Gasteiger partial charge on any atom is -0.373 e. The van der Waals surface area contributed by atoms with Crippen molar-refractivity contribution in [2.75, 3.05) is 18.5 Å². The fourth-order valence-electron chi connectivity index (χ4n) is 1.31. The van der Waals surface area contributed by atoms with Gasteiger partial charge >= 0.3 is 0 Å². The highest BCUT2D eigenvalue weighted by atomic mass is 35.5. The minimum atomic E-state index is 0.418. The molecule has 0 aliphatic heterocycles. The average Bonchev–Trinajstić information content (AvgIpc) is 2.25. The van der Waals surface area contributed by atoms with Crippen LogP contribution in [0.2, 0.25) is 5.02 Å². The van der Waals surface area contributed by atoms with Gasteiger partial charge in [-0.25, -0.2) is 0 Å². The number of carbonyl (C=O) groups excluding carboxylic acids is 1. The number of halogens is 1. The molecule has 0 bridgehead atoms. The van der Waals surface area contributed by atoms with Gasteiger partial charge in [-0.15, -0.1) is 0 Å². The Labute approximate surface area is 93.9 Å². The first-order chi connectivity index (χ1) is 7.20. The van der Waals surface area contributed by atoms with Crippen molar-refractivity contribution in [3.05, 3.63) is 28.8 Å². The Morgan fingerprint density at radius 2 is 2.33 bits per heavy atom. The van der Waals surface area contributed by atoms with Crippen LogP contribution in [0.25, 0.3) is 0 Å². The van der Waals surface area contributed by atoms with Crippen molar-refractivity contribution >= 4 is 23.6 Å². The largest absolute Gasteiger partial charge is 0.373 e. The SMILES string of the molecule is CN(CCC#N)c1cccc(Cl)c1C=O. The first-order valence-electron chi connectivity index (χ1n) is 4.52. The molecule has 0 saturated heterocycles. The van der Waals surface area contributed by atoms with Crippen LogP contribution in [0.3, 0.4) is 0 Å².